The maximum atomic E-state index is 14.5. The van der Waals surface area contributed by atoms with E-state index in [0.717, 1.165) is 9.80 Å². The molecule has 2 saturated heterocycles. The molecule has 4 amide bonds. The normalized spacial score (nSPS) is 17.1. The number of likely N-dealkylation sites (tertiary alicyclic amines) is 2. The number of nitrogens with one attached hydrogen (secondary N) is 3. The van der Waals surface area contributed by atoms with E-state index in [4.69, 9.17) is 39.5 Å². The average Bonchev–Trinajstić information content (AvgIpc) is 2.98. The minimum Gasteiger partial charge on any atom is -0.508 e. The molecule has 2 aliphatic rings. The van der Waals surface area contributed by atoms with E-state index in [9.17, 15) is 68.3 Å². The lowest BCUT2D eigenvalue weighted by molar-refractivity contribution is -0.139. The van der Waals surface area contributed by atoms with Crippen LogP contribution in [0.25, 0.3) is 21.8 Å². The number of aromatic hydroxyl groups is 1. The molecule has 4 aromatic carbocycles. The second-order valence-corrected chi connectivity index (χ2v) is 28.4. The lowest BCUT2D eigenvalue weighted by Gasteiger charge is -2.24. The summed E-state index contributed by atoms with van der Waals surface area (Å²) in [5.74, 6) is -4.52. The number of hydrogen-bond donors (Lipinski definition) is 4. The Balaban J connectivity index is 0.000000245. The summed E-state index contributed by atoms with van der Waals surface area (Å²) in [7, 11) is -6.79. The Morgan fingerprint density at radius 2 is 1.10 bits per heavy atom. The van der Waals surface area contributed by atoms with Crippen molar-refractivity contribution in [3.05, 3.63) is 129 Å². The largest absolute Gasteiger partial charge is 0.508 e. The third-order valence-corrected chi connectivity index (χ3v) is 18.0. The predicted octanol–water partition coefficient (Wildman–Crippen LogP) is 9.19. The molecule has 0 bridgehead atoms. The Morgan fingerprint density at radius 1 is 0.667 bits per heavy atom. The number of hydrogen-bond acceptors (Lipinski definition) is 12. The molecule has 4 atom stereocenters. The minimum atomic E-state index is -3.78. The van der Waals surface area contributed by atoms with Gasteiger partial charge in [0.15, 0.2) is 21.4 Å². The van der Waals surface area contributed by atoms with Crippen LogP contribution in [0.4, 0.5) is 17.6 Å². The molecule has 28 heteroatoms. The maximum Gasteiger partial charge on any atom is 0.247 e. The number of rotatable bonds is 18. The number of Topliss-reactive ketones (excluding diaryl/α,β-unsaturated/α-hetero) is 2. The molecular weight excluding hydrogens is 1250 g/mol. The van der Waals surface area contributed by atoms with Crippen molar-refractivity contribution in [3.63, 3.8) is 0 Å². The fraction of sp³-hybridized carbons (Fsp3) is 0.424. The van der Waals surface area contributed by atoms with Crippen LogP contribution in [0.5, 0.6) is 11.5 Å². The van der Waals surface area contributed by atoms with Gasteiger partial charge in [-0.25, -0.2) is 39.1 Å². The highest BCUT2D eigenvalue weighted by Crippen LogP contribution is 2.31. The van der Waals surface area contributed by atoms with Crippen molar-refractivity contribution in [2.45, 2.75) is 124 Å². The number of carbonyl (C=O) groups is 6. The van der Waals surface area contributed by atoms with Crippen molar-refractivity contribution in [2.24, 2.45) is 5.41 Å². The van der Waals surface area contributed by atoms with E-state index < -0.39 is 91.0 Å². The quantitative estimate of drug-likeness (QED) is 0.0357. The first-order chi connectivity index (χ1) is 40.5. The Kier molecular flexibility index (Phi) is 22.8. The molecule has 6 aromatic rings. The molecule has 4 N–H and O–H groups in total. The van der Waals surface area contributed by atoms with Gasteiger partial charge in [-0.3, -0.25) is 28.8 Å². The summed E-state index contributed by atoms with van der Waals surface area (Å²) >= 11 is 16.8. The topological polar surface area (TPSA) is 253 Å². The lowest BCUT2D eigenvalue weighted by atomic mass is 10.0. The zero-order valence-electron chi connectivity index (χ0n) is 48.9. The van der Waals surface area contributed by atoms with E-state index >= 15 is 0 Å². The van der Waals surface area contributed by atoms with Crippen molar-refractivity contribution in [1.29, 1.82) is 0 Å². The van der Waals surface area contributed by atoms with Crippen LogP contribution in [0.15, 0.2) is 85.2 Å². The number of aromatic nitrogens is 2. The zero-order chi connectivity index (χ0) is 64.7. The number of phenols is 1. The number of amides is 4. The van der Waals surface area contributed by atoms with E-state index in [2.05, 4.69) is 15.4 Å². The molecule has 472 valence electrons. The van der Waals surface area contributed by atoms with Crippen molar-refractivity contribution in [1.82, 2.24) is 34.3 Å². The molecule has 4 heterocycles. The molecule has 19 nitrogen and oxygen atoms in total. The summed E-state index contributed by atoms with van der Waals surface area (Å²) in [6.45, 7) is 11.9. The Morgan fingerprint density at radius 3 is 1.51 bits per heavy atom. The van der Waals surface area contributed by atoms with Crippen LogP contribution in [0.1, 0.15) is 100 Å². The molecule has 8 rings (SSSR count). The number of fused-ring (bicyclic) bond motifs is 2. The van der Waals surface area contributed by atoms with Crippen molar-refractivity contribution >= 4 is 112 Å². The predicted molar refractivity (Wildman–Crippen MR) is 323 cm³/mol. The van der Waals surface area contributed by atoms with Crippen molar-refractivity contribution in [3.8, 4) is 11.5 Å². The molecule has 0 spiro atoms. The van der Waals surface area contributed by atoms with Gasteiger partial charge in [-0.15, -0.1) is 11.6 Å². The van der Waals surface area contributed by atoms with Gasteiger partial charge in [0.1, 0.15) is 65.9 Å². The first-order valence-electron chi connectivity index (χ1n) is 27.1. The number of sulfonamides is 1. The Bertz CT molecular complexity index is 3820. The van der Waals surface area contributed by atoms with Crippen LogP contribution in [-0.2, 0) is 65.2 Å². The van der Waals surface area contributed by atoms with Gasteiger partial charge >= 0.3 is 0 Å². The summed E-state index contributed by atoms with van der Waals surface area (Å²) in [4.78, 5) is 78.9. The number of halogens is 7. The van der Waals surface area contributed by atoms with E-state index in [1.54, 1.807) is 39.0 Å². The van der Waals surface area contributed by atoms with Gasteiger partial charge < -0.3 is 39.4 Å². The number of benzene rings is 4. The molecule has 0 unspecified atom stereocenters. The molecule has 2 aliphatic heterocycles. The number of nitrogens with zero attached hydrogens (tertiary/aromatic N) is 4. The fourth-order valence-corrected chi connectivity index (χ4v) is 13.2. The number of carbonyl (C=O) groups excluding carboxylic acids is 6. The standard InChI is InChI=1S/C29H33ClF2N4O6S.C24H22ClF2N3O4.C6H13ClO2S/c1-17(37)22-14-35(24-11-20(8-9-21(22)24)42-16-43(40,41)34-29(2,3)4)15-26(38)36-13-19(31)10-25(36)28(39)33-12-18-6-5-7-23(30)27(18)32;1-13(31)18-11-29(20-8-16(32)5-6-17(18)20)12-22(33)30-10-15(26)7-21(30)24(34)28-9-14-3-2-4-19(25)23(14)27;1-6(2,3)4-10(8,9)5-7/h5-9,11,14,19,25,34H,10,12-13,15-16H2,1-4H3,(H,33,39);2-6,8,11,15,21,32H,7,9-10,12H2,1H3,(H,28,34);4-5H2,1-3H3/t19-,25+;15-,21+;/m11./s1. The third kappa shape index (κ3) is 18.9. The molecule has 0 aliphatic carbocycles. The third-order valence-electron chi connectivity index (χ3n) is 13.5. The van der Waals surface area contributed by atoms with Gasteiger partial charge in [-0.2, -0.15) is 0 Å². The Hall–Kier alpha value is -6.77. The van der Waals surface area contributed by atoms with E-state index in [1.165, 1.54) is 90.0 Å². The smallest absolute Gasteiger partial charge is 0.247 e. The van der Waals surface area contributed by atoms with Crippen LogP contribution in [0, 0.1) is 17.0 Å². The van der Waals surface area contributed by atoms with Crippen LogP contribution in [0.2, 0.25) is 10.0 Å². The highest BCUT2D eigenvalue weighted by Gasteiger charge is 2.41. The van der Waals surface area contributed by atoms with Crippen molar-refractivity contribution in [2.75, 3.05) is 30.0 Å². The van der Waals surface area contributed by atoms with E-state index in [-0.39, 0.29) is 113 Å². The van der Waals surface area contributed by atoms with Gasteiger partial charge in [-0.1, -0.05) is 68.2 Å². The summed E-state index contributed by atoms with van der Waals surface area (Å²) in [6, 6.07) is 15.6. The van der Waals surface area contributed by atoms with Crippen LogP contribution in [0.3, 0.4) is 0 Å². The average molecular weight is 1310 g/mol. The van der Waals surface area contributed by atoms with Crippen LogP contribution >= 0.6 is 34.8 Å². The summed E-state index contributed by atoms with van der Waals surface area (Å²) in [6.07, 6.45) is -0.255. The van der Waals surface area contributed by atoms with Gasteiger partial charge in [0.25, 0.3) is 0 Å². The number of alkyl halides is 3. The first kappa shape index (κ1) is 69.3. The van der Waals surface area contributed by atoms with Crippen molar-refractivity contribution < 1.29 is 73.0 Å². The number of ketones is 2. The summed E-state index contributed by atoms with van der Waals surface area (Å²) in [5, 5.41) is 15.6. The van der Waals surface area contributed by atoms with Gasteiger partial charge in [0.05, 0.1) is 39.9 Å². The molecule has 2 fully saturated rings. The lowest BCUT2D eigenvalue weighted by Crippen LogP contribution is -2.46. The van der Waals surface area contributed by atoms with Gasteiger partial charge in [0, 0.05) is 89.0 Å². The number of phenolic OH excluding ortho intramolecular Hbond substituents is 1. The molecule has 2 aromatic heterocycles. The van der Waals surface area contributed by atoms with Crippen LogP contribution in [-0.4, -0.2) is 136 Å². The highest BCUT2D eigenvalue weighted by atomic mass is 35.5. The van der Waals surface area contributed by atoms with Gasteiger partial charge in [0.2, 0.25) is 39.6 Å². The second-order valence-electron chi connectivity index (χ2n) is 23.3. The highest BCUT2D eigenvalue weighted by molar-refractivity contribution is 7.92. The number of sulfone groups is 1. The van der Waals surface area contributed by atoms with Gasteiger partial charge in [-0.05, 0) is 76.4 Å². The fourth-order valence-electron chi connectivity index (χ4n) is 9.87. The monoisotopic (exact) mass is 1310 g/mol. The van der Waals surface area contributed by atoms with Crippen LogP contribution < -0.4 is 20.1 Å². The molecule has 87 heavy (non-hydrogen) atoms. The Labute approximate surface area is 516 Å². The summed E-state index contributed by atoms with van der Waals surface area (Å²) in [5.41, 5.74) is 0.995. The molecular formula is C59H68Cl3F4N7O12S2. The maximum absolute atomic E-state index is 14.5. The SMILES string of the molecule is CC(=O)c1cn(CC(=O)N2C[C@H](F)C[C@H]2C(=O)NCc2cccc(Cl)c2F)c2cc(O)ccc12.CC(=O)c1cn(CC(=O)N2C[C@H](F)C[C@H]2C(=O)NCc2cccc(Cl)c2F)c2cc(OCS(=O)(=O)NC(C)(C)C)ccc12.CC(C)(C)CS(=O)(=O)CCl. The van der Waals surface area contributed by atoms with E-state index in [0.29, 0.717) is 32.9 Å². The molecule has 0 saturated carbocycles. The zero-order valence-corrected chi connectivity index (χ0v) is 52.8. The summed E-state index contributed by atoms with van der Waals surface area (Å²) < 4.78 is 115. The number of ether oxygens (including phenoxy) is 1. The van der Waals surface area contributed by atoms with E-state index in [1.807, 2.05) is 20.8 Å². The molecule has 0 radical (unpaired) electrons. The first-order valence-corrected chi connectivity index (χ1v) is 31.9. The second kappa shape index (κ2) is 28.6. The minimum absolute atomic E-state index is 0.0371.